The van der Waals surface area contributed by atoms with Crippen molar-refractivity contribution < 1.29 is 18.7 Å². The first-order chi connectivity index (χ1) is 17.0. The molecule has 0 radical (unpaired) electrons. The number of carbonyl (C=O) groups is 2. The van der Waals surface area contributed by atoms with E-state index in [9.17, 15) is 9.59 Å². The third kappa shape index (κ3) is 4.64. The molecule has 10 nitrogen and oxygen atoms in total. The van der Waals surface area contributed by atoms with E-state index in [1.807, 2.05) is 24.3 Å². The number of amides is 2. The summed E-state index contributed by atoms with van der Waals surface area (Å²) in [6, 6.07) is 14.5. The summed E-state index contributed by atoms with van der Waals surface area (Å²) in [6.45, 7) is 3.45. The van der Waals surface area contributed by atoms with Crippen LogP contribution in [-0.2, 0) is 4.79 Å². The van der Waals surface area contributed by atoms with Gasteiger partial charge in [0.2, 0.25) is 17.7 Å². The molecule has 2 aromatic heterocycles. The summed E-state index contributed by atoms with van der Waals surface area (Å²) < 4.78 is 11.7. The van der Waals surface area contributed by atoms with Crippen LogP contribution in [0.4, 0.5) is 17.3 Å². The highest BCUT2D eigenvalue weighted by atomic mass is 16.5. The number of aromatic nitrogens is 2. The minimum Gasteiger partial charge on any atom is -0.460 e. The smallest absolute Gasteiger partial charge is 0.255 e. The number of rotatable bonds is 6. The van der Waals surface area contributed by atoms with Crippen molar-refractivity contribution in [3.63, 3.8) is 0 Å². The van der Waals surface area contributed by atoms with Crippen molar-refractivity contribution in [2.45, 2.75) is 6.92 Å². The molecule has 10 heteroatoms. The molecule has 3 N–H and O–H groups in total. The minimum absolute atomic E-state index is 0.0335. The normalized spacial score (nSPS) is 13.7. The molecule has 178 valence electrons. The third-order valence-corrected chi connectivity index (χ3v) is 5.65. The average Bonchev–Trinajstić information content (AvgIpc) is 3.19. The van der Waals surface area contributed by atoms with Crippen molar-refractivity contribution in [2.24, 2.45) is 0 Å². The molecule has 1 saturated heterocycles. The molecule has 1 fully saturated rings. The van der Waals surface area contributed by atoms with Gasteiger partial charge in [-0.05, 0) is 37.3 Å². The predicted molar refractivity (Wildman–Crippen MR) is 131 cm³/mol. The van der Waals surface area contributed by atoms with E-state index < -0.39 is 0 Å². The fourth-order valence-corrected chi connectivity index (χ4v) is 4.01. The van der Waals surface area contributed by atoms with Gasteiger partial charge in [-0.15, -0.1) is 0 Å². The minimum atomic E-state index is -0.202. The average molecular weight is 473 g/mol. The van der Waals surface area contributed by atoms with E-state index in [-0.39, 0.29) is 11.8 Å². The standard InChI is InChI=1S/C25H24N6O4/c1-15-23(24(33)26-2)19-7-6-18(13-20(19)34-15)35-21-8-9-28-25(30-21)29-16-4-3-5-17(12-16)31-11-10-27-14-22(31)32/h3-9,12-13,27H,10-11,14H2,1-2H3,(H,26,33)(H,28,29,30). The van der Waals surface area contributed by atoms with Crippen LogP contribution < -0.4 is 25.6 Å². The molecule has 5 rings (SSSR count). The number of aryl methyl sites for hydroxylation is 1. The lowest BCUT2D eigenvalue weighted by Gasteiger charge is -2.27. The number of anilines is 3. The van der Waals surface area contributed by atoms with Crippen LogP contribution in [0.25, 0.3) is 11.0 Å². The topological polar surface area (TPSA) is 122 Å². The number of nitrogens with zero attached hydrogens (tertiary/aromatic N) is 3. The Morgan fingerprint density at radius 3 is 2.91 bits per heavy atom. The van der Waals surface area contributed by atoms with Crippen LogP contribution in [0, 0.1) is 6.92 Å². The SMILES string of the molecule is CNC(=O)c1c(C)oc2cc(Oc3ccnc(Nc4cccc(N5CCNCC5=O)c4)n3)ccc12. The van der Waals surface area contributed by atoms with E-state index in [4.69, 9.17) is 9.15 Å². The Labute approximate surface area is 201 Å². The second-order valence-electron chi connectivity index (χ2n) is 7.99. The zero-order valence-electron chi connectivity index (χ0n) is 19.3. The van der Waals surface area contributed by atoms with Crippen molar-refractivity contribution in [1.82, 2.24) is 20.6 Å². The summed E-state index contributed by atoms with van der Waals surface area (Å²) in [4.78, 5) is 34.8. The van der Waals surface area contributed by atoms with Crippen LogP contribution in [-0.4, -0.2) is 48.5 Å². The van der Waals surface area contributed by atoms with Gasteiger partial charge in [-0.2, -0.15) is 4.98 Å². The molecule has 0 unspecified atom stereocenters. The largest absolute Gasteiger partial charge is 0.460 e. The first-order valence-electron chi connectivity index (χ1n) is 11.2. The van der Waals surface area contributed by atoms with E-state index >= 15 is 0 Å². The van der Waals surface area contributed by atoms with Gasteiger partial charge in [0.1, 0.15) is 17.1 Å². The number of hydrogen-bond acceptors (Lipinski definition) is 8. The van der Waals surface area contributed by atoms with Crippen LogP contribution in [0.5, 0.6) is 11.6 Å². The van der Waals surface area contributed by atoms with Crippen LogP contribution >= 0.6 is 0 Å². The van der Waals surface area contributed by atoms with Crippen molar-refractivity contribution in [1.29, 1.82) is 0 Å². The van der Waals surface area contributed by atoms with Gasteiger partial charge < -0.3 is 30.0 Å². The molecule has 0 bridgehead atoms. The summed E-state index contributed by atoms with van der Waals surface area (Å²) in [5, 5.41) is 9.58. The Morgan fingerprint density at radius 2 is 2.09 bits per heavy atom. The van der Waals surface area contributed by atoms with Crippen LogP contribution in [0.15, 0.2) is 59.1 Å². The summed E-state index contributed by atoms with van der Waals surface area (Å²) in [5.41, 5.74) is 2.62. The van der Waals surface area contributed by atoms with Crippen molar-refractivity contribution in [2.75, 3.05) is 36.9 Å². The molecule has 1 aliphatic rings. The molecular formula is C25H24N6O4. The number of furan rings is 1. The number of hydrogen-bond donors (Lipinski definition) is 3. The summed E-state index contributed by atoms with van der Waals surface area (Å²) in [5.74, 6) is 1.57. The van der Waals surface area contributed by atoms with Gasteiger partial charge in [-0.1, -0.05) is 6.07 Å². The maximum Gasteiger partial charge on any atom is 0.255 e. The van der Waals surface area contributed by atoms with E-state index in [0.29, 0.717) is 53.0 Å². The monoisotopic (exact) mass is 472 g/mol. The molecule has 2 amide bonds. The fraction of sp³-hybridized carbons (Fsp3) is 0.200. The zero-order valence-corrected chi connectivity index (χ0v) is 19.3. The molecule has 0 aliphatic carbocycles. The highest BCUT2D eigenvalue weighted by Crippen LogP contribution is 2.31. The van der Waals surface area contributed by atoms with Crippen molar-refractivity contribution in [3.05, 3.63) is 66.1 Å². The highest BCUT2D eigenvalue weighted by Gasteiger charge is 2.20. The highest BCUT2D eigenvalue weighted by molar-refractivity contribution is 6.07. The number of benzene rings is 2. The van der Waals surface area contributed by atoms with E-state index in [0.717, 1.165) is 17.9 Å². The van der Waals surface area contributed by atoms with Crippen molar-refractivity contribution >= 4 is 40.1 Å². The quantitative estimate of drug-likeness (QED) is 0.391. The Bertz CT molecular complexity index is 1420. The Hall–Kier alpha value is -4.44. The fourth-order valence-electron chi connectivity index (χ4n) is 4.01. The molecule has 0 atom stereocenters. The maximum atomic E-state index is 12.2. The van der Waals surface area contributed by atoms with Crippen LogP contribution in [0.3, 0.4) is 0 Å². The molecule has 2 aromatic carbocycles. The van der Waals surface area contributed by atoms with Gasteiger partial charge >= 0.3 is 0 Å². The Kier molecular flexibility index (Phi) is 6.02. The van der Waals surface area contributed by atoms with E-state index in [1.54, 1.807) is 49.3 Å². The first kappa shape index (κ1) is 22.4. The van der Waals surface area contributed by atoms with E-state index in [2.05, 4.69) is 25.9 Å². The number of piperazine rings is 1. The molecule has 0 spiro atoms. The van der Waals surface area contributed by atoms with E-state index in [1.165, 1.54) is 0 Å². The molecule has 4 aromatic rings. The van der Waals surface area contributed by atoms with Gasteiger partial charge in [0.05, 0.1) is 12.1 Å². The van der Waals surface area contributed by atoms with Gasteiger partial charge in [-0.25, -0.2) is 4.98 Å². The second-order valence-corrected chi connectivity index (χ2v) is 7.99. The van der Waals surface area contributed by atoms with Gasteiger partial charge in [0.15, 0.2) is 0 Å². The molecule has 1 aliphatic heterocycles. The number of ether oxygens (including phenoxy) is 1. The van der Waals surface area contributed by atoms with Crippen LogP contribution in [0.2, 0.25) is 0 Å². The number of fused-ring (bicyclic) bond motifs is 1. The summed E-state index contributed by atoms with van der Waals surface area (Å²) in [7, 11) is 1.58. The Morgan fingerprint density at radius 1 is 1.20 bits per heavy atom. The predicted octanol–water partition coefficient (Wildman–Crippen LogP) is 3.36. The molecule has 0 saturated carbocycles. The van der Waals surface area contributed by atoms with Gasteiger partial charge in [0.25, 0.3) is 5.91 Å². The van der Waals surface area contributed by atoms with Crippen molar-refractivity contribution in [3.8, 4) is 11.6 Å². The summed E-state index contributed by atoms with van der Waals surface area (Å²) >= 11 is 0. The number of carbonyl (C=O) groups excluding carboxylic acids is 2. The lowest BCUT2D eigenvalue weighted by Crippen LogP contribution is -2.48. The van der Waals surface area contributed by atoms with Gasteiger partial charge in [0, 0.05) is 55.2 Å². The number of nitrogens with one attached hydrogen (secondary N) is 3. The summed E-state index contributed by atoms with van der Waals surface area (Å²) in [6.07, 6.45) is 1.59. The maximum absolute atomic E-state index is 12.2. The molecule has 3 heterocycles. The zero-order chi connectivity index (χ0) is 24.4. The lowest BCUT2D eigenvalue weighted by atomic mass is 10.1. The molecule has 35 heavy (non-hydrogen) atoms. The first-order valence-corrected chi connectivity index (χ1v) is 11.2. The lowest BCUT2D eigenvalue weighted by molar-refractivity contribution is -0.118. The second kappa shape index (κ2) is 9.43. The van der Waals surface area contributed by atoms with Gasteiger partial charge in [-0.3, -0.25) is 9.59 Å². The van der Waals surface area contributed by atoms with Crippen LogP contribution in [0.1, 0.15) is 16.1 Å². The third-order valence-electron chi connectivity index (χ3n) is 5.65. The Balaban J connectivity index is 1.33. The molecular weight excluding hydrogens is 448 g/mol.